The maximum Gasteiger partial charge on any atom is 0.354 e. The van der Waals surface area contributed by atoms with Gasteiger partial charge in [-0.2, -0.15) is 0 Å². The van der Waals surface area contributed by atoms with Gasteiger partial charge in [0.25, 0.3) is 0 Å². The lowest BCUT2D eigenvalue weighted by Gasteiger charge is -2.23. The molecule has 0 heterocycles. The number of carbonyl (C=O) groups is 1. The van der Waals surface area contributed by atoms with Gasteiger partial charge >= 0.3 is 6.03 Å². The van der Waals surface area contributed by atoms with Gasteiger partial charge < -0.3 is 10.2 Å². The Bertz CT molecular complexity index is 1070. The Morgan fingerprint density at radius 1 is 1.07 bits per heavy atom. The van der Waals surface area contributed by atoms with Crippen LogP contribution >= 0.6 is 0 Å². The SMILES string of the molecule is CC(C)N(C)c1ccc([S@@](N)(=O)=NC(=O)Nc2c3c(cc4c2CCC4)CCC3)cc1. The summed E-state index contributed by atoms with van der Waals surface area (Å²) in [4.78, 5) is 15.2. The number of amides is 2. The smallest absolute Gasteiger partial charge is 0.354 e. The molecule has 0 bridgehead atoms. The predicted octanol–water partition coefficient (Wildman–Crippen LogP) is 4.44. The first-order chi connectivity index (χ1) is 14.3. The molecule has 2 aliphatic carbocycles. The highest BCUT2D eigenvalue weighted by Crippen LogP contribution is 2.38. The van der Waals surface area contributed by atoms with E-state index < -0.39 is 15.9 Å². The number of rotatable bonds is 4. The van der Waals surface area contributed by atoms with E-state index in [1.807, 2.05) is 19.2 Å². The van der Waals surface area contributed by atoms with Crippen molar-refractivity contribution in [2.24, 2.45) is 9.50 Å². The first kappa shape index (κ1) is 20.9. The van der Waals surface area contributed by atoms with Gasteiger partial charge in [0.2, 0.25) is 0 Å². The summed E-state index contributed by atoms with van der Waals surface area (Å²) in [6.45, 7) is 4.19. The number of nitrogens with one attached hydrogen (secondary N) is 1. The van der Waals surface area contributed by atoms with Crippen molar-refractivity contribution in [3.8, 4) is 0 Å². The minimum Gasteiger partial charge on any atom is -0.372 e. The third-order valence-electron chi connectivity index (χ3n) is 6.28. The normalized spacial score (nSPS) is 16.7. The third kappa shape index (κ3) is 3.96. The second-order valence-corrected chi connectivity index (χ2v) is 10.3. The van der Waals surface area contributed by atoms with E-state index >= 15 is 0 Å². The van der Waals surface area contributed by atoms with Crippen LogP contribution < -0.4 is 15.4 Å². The van der Waals surface area contributed by atoms with Crippen LogP contribution in [-0.4, -0.2) is 23.3 Å². The van der Waals surface area contributed by atoms with Crippen molar-refractivity contribution >= 4 is 27.3 Å². The van der Waals surface area contributed by atoms with Crippen LogP contribution in [0.15, 0.2) is 39.6 Å². The van der Waals surface area contributed by atoms with E-state index in [-0.39, 0.29) is 0 Å². The van der Waals surface area contributed by atoms with Gasteiger partial charge in [0.1, 0.15) is 9.92 Å². The molecule has 0 aliphatic heterocycles. The van der Waals surface area contributed by atoms with Crippen LogP contribution in [-0.2, 0) is 35.6 Å². The number of anilines is 2. The number of nitrogens with zero attached hydrogens (tertiary/aromatic N) is 2. The van der Waals surface area contributed by atoms with Crippen molar-refractivity contribution in [2.75, 3.05) is 17.3 Å². The average Bonchev–Trinajstić information content (AvgIpc) is 3.36. The fourth-order valence-corrected chi connectivity index (χ4v) is 5.37. The molecule has 2 amide bonds. The summed E-state index contributed by atoms with van der Waals surface area (Å²) in [5.74, 6) is 0. The summed E-state index contributed by atoms with van der Waals surface area (Å²) in [6, 6.07) is 9.08. The largest absolute Gasteiger partial charge is 0.372 e. The molecule has 2 aromatic rings. The zero-order chi connectivity index (χ0) is 21.5. The maximum absolute atomic E-state index is 13.0. The Morgan fingerprint density at radius 2 is 1.63 bits per heavy atom. The van der Waals surface area contributed by atoms with E-state index in [1.165, 1.54) is 22.3 Å². The molecule has 7 heteroatoms. The number of nitrogens with two attached hydrogens (primary N) is 1. The zero-order valence-corrected chi connectivity index (χ0v) is 18.7. The second-order valence-electron chi connectivity index (χ2n) is 8.52. The Balaban J connectivity index is 1.60. The first-order valence-electron chi connectivity index (χ1n) is 10.6. The third-order valence-corrected chi connectivity index (χ3v) is 7.66. The van der Waals surface area contributed by atoms with Crippen LogP contribution in [0.4, 0.5) is 16.2 Å². The molecular weight excluding hydrogens is 396 g/mol. The van der Waals surface area contributed by atoms with Gasteiger partial charge in [0.15, 0.2) is 0 Å². The molecule has 0 aromatic heterocycles. The minimum atomic E-state index is -3.33. The number of aryl methyl sites for hydroxylation is 2. The van der Waals surface area contributed by atoms with Crippen molar-refractivity contribution in [2.45, 2.75) is 63.3 Å². The molecule has 3 N–H and O–H groups in total. The van der Waals surface area contributed by atoms with Gasteiger partial charge in [0.05, 0.1) is 4.90 Å². The summed E-state index contributed by atoms with van der Waals surface area (Å²) in [6.07, 6.45) is 6.22. The van der Waals surface area contributed by atoms with Gasteiger partial charge in [-0.1, -0.05) is 6.07 Å². The van der Waals surface area contributed by atoms with E-state index in [0.717, 1.165) is 49.9 Å². The summed E-state index contributed by atoms with van der Waals surface area (Å²) < 4.78 is 16.9. The Labute approximate surface area is 179 Å². The summed E-state index contributed by atoms with van der Waals surface area (Å²) in [5, 5.41) is 8.93. The monoisotopic (exact) mass is 426 g/mol. The molecular formula is C23H30N4O2S. The first-order valence-corrected chi connectivity index (χ1v) is 12.2. The van der Waals surface area contributed by atoms with Crippen molar-refractivity contribution in [1.82, 2.24) is 0 Å². The van der Waals surface area contributed by atoms with Crippen LogP contribution in [0.5, 0.6) is 0 Å². The predicted molar refractivity (Wildman–Crippen MR) is 123 cm³/mol. The molecule has 6 nitrogen and oxygen atoms in total. The standard InChI is InChI=1S/C23H30N4O2S/c1-15(2)27(3)18-10-12-19(13-11-18)30(24,29)26-23(28)25-22-20-8-4-6-16(20)14-17-7-5-9-21(17)22/h10-15H,4-9H2,1-3H3,(H3,24,25,26,28,29)/t30-/m0/s1. The highest BCUT2D eigenvalue weighted by Gasteiger charge is 2.25. The quantitative estimate of drug-likeness (QED) is 0.757. The second kappa shape index (κ2) is 8.04. The highest BCUT2D eigenvalue weighted by atomic mass is 32.2. The van der Waals surface area contributed by atoms with Crippen LogP contribution in [0.2, 0.25) is 0 Å². The Morgan fingerprint density at radius 3 is 2.17 bits per heavy atom. The summed E-state index contributed by atoms with van der Waals surface area (Å²) in [5.41, 5.74) is 6.94. The zero-order valence-electron chi connectivity index (χ0n) is 17.9. The summed E-state index contributed by atoms with van der Waals surface area (Å²) >= 11 is 0. The molecule has 4 rings (SSSR count). The molecule has 0 saturated carbocycles. The lowest BCUT2D eigenvalue weighted by atomic mass is 9.99. The highest BCUT2D eigenvalue weighted by molar-refractivity contribution is 7.91. The van der Waals surface area contributed by atoms with Crippen molar-refractivity contribution < 1.29 is 9.00 Å². The van der Waals surface area contributed by atoms with E-state index in [2.05, 4.69) is 34.5 Å². The molecule has 0 unspecified atom stereocenters. The van der Waals surface area contributed by atoms with Crippen LogP contribution in [0.3, 0.4) is 0 Å². The number of hydrogen-bond acceptors (Lipinski definition) is 3. The van der Waals surface area contributed by atoms with Crippen LogP contribution in [0.25, 0.3) is 0 Å². The van der Waals surface area contributed by atoms with Gasteiger partial charge in [-0.25, -0.2) is 14.1 Å². The number of hydrogen-bond donors (Lipinski definition) is 2. The molecule has 2 aromatic carbocycles. The van der Waals surface area contributed by atoms with Crippen molar-refractivity contribution in [3.63, 3.8) is 0 Å². The fourth-order valence-electron chi connectivity index (χ4n) is 4.45. The molecule has 0 spiro atoms. The van der Waals surface area contributed by atoms with Gasteiger partial charge in [-0.3, -0.25) is 0 Å². The van der Waals surface area contributed by atoms with Gasteiger partial charge in [-0.15, -0.1) is 4.36 Å². The lowest BCUT2D eigenvalue weighted by molar-refractivity contribution is 0.260. The maximum atomic E-state index is 13.0. The molecule has 30 heavy (non-hydrogen) atoms. The van der Waals surface area contributed by atoms with Gasteiger partial charge in [0, 0.05) is 24.5 Å². The van der Waals surface area contributed by atoms with E-state index in [1.54, 1.807) is 12.1 Å². The number of carbonyl (C=O) groups excluding carboxylic acids is 1. The topological polar surface area (TPSA) is 87.8 Å². The fraction of sp³-hybridized carbons (Fsp3) is 0.435. The number of benzene rings is 2. The lowest BCUT2D eigenvalue weighted by Crippen LogP contribution is -2.25. The molecule has 1 atom stereocenters. The van der Waals surface area contributed by atoms with Crippen molar-refractivity contribution in [1.29, 1.82) is 0 Å². The van der Waals surface area contributed by atoms with E-state index in [4.69, 9.17) is 5.14 Å². The molecule has 2 aliphatic rings. The van der Waals surface area contributed by atoms with Crippen LogP contribution in [0, 0.1) is 0 Å². The number of urea groups is 1. The average molecular weight is 427 g/mol. The molecule has 0 saturated heterocycles. The van der Waals surface area contributed by atoms with Crippen LogP contribution in [0.1, 0.15) is 48.9 Å². The molecule has 160 valence electrons. The van der Waals surface area contributed by atoms with E-state index in [0.29, 0.717) is 10.9 Å². The Kier molecular flexibility index (Phi) is 5.59. The van der Waals surface area contributed by atoms with E-state index in [9.17, 15) is 9.00 Å². The Hall–Kier alpha value is -2.38. The summed E-state index contributed by atoms with van der Waals surface area (Å²) in [7, 11) is -1.33. The van der Waals surface area contributed by atoms with Crippen molar-refractivity contribution in [3.05, 3.63) is 52.6 Å². The molecule has 0 fully saturated rings. The van der Waals surface area contributed by atoms with Gasteiger partial charge in [-0.05, 0) is 98.9 Å². The number of fused-ring (bicyclic) bond motifs is 2. The molecule has 0 radical (unpaired) electrons. The minimum absolute atomic E-state index is 0.336.